The first-order chi connectivity index (χ1) is 8.90. The van der Waals surface area contributed by atoms with E-state index in [-0.39, 0.29) is 5.91 Å². The minimum Gasteiger partial charge on any atom is -0.480 e. The van der Waals surface area contributed by atoms with Crippen molar-refractivity contribution < 1.29 is 14.7 Å². The number of carboxylic acids is 1. The number of carbonyl (C=O) groups is 2. The van der Waals surface area contributed by atoms with Crippen LogP contribution in [0.1, 0.15) is 35.0 Å². The summed E-state index contributed by atoms with van der Waals surface area (Å²) in [7, 11) is 0. The van der Waals surface area contributed by atoms with Gasteiger partial charge in [0.2, 0.25) is 0 Å². The molecule has 2 rings (SSSR count). The molecule has 1 saturated heterocycles. The first-order valence-corrected chi connectivity index (χ1v) is 7.80. The maximum absolute atomic E-state index is 12.4. The molecule has 1 aliphatic rings. The molecule has 0 spiro atoms. The van der Waals surface area contributed by atoms with Crippen LogP contribution in [0.15, 0.2) is 9.85 Å². The summed E-state index contributed by atoms with van der Waals surface area (Å²) in [6, 6.07) is 1.12. The van der Waals surface area contributed by atoms with E-state index < -0.39 is 12.0 Å². The summed E-state index contributed by atoms with van der Waals surface area (Å²) in [5, 5.41) is 9.28. The van der Waals surface area contributed by atoms with E-state index >= 15 is 0 Å². The van der Waals surface area contributed by atoms with E-state index in [1.54, 1.807) is 0 Å². The number of nitrogens with zero attached hydrogens (tertiary/aromatic N) is 1. The summed E-state index contributed by atoms with van der Waals surface area (Å²) in [6.07, 6.45) is 1.40. The van der Waals surface area contributed by atoms with Gasteiger partial charge >= 0.3 is 5.97 Å². The molecule has 2 heterocycles. The Hall–Kier alpha value is -0.880. The number of thiophene rings is 1. The Morgan fingerprint density at radius 3 is 2.74 bits per heavy atom. The van der Waals surface area contributed by atoms with E-state index in [1.807, 2.05) is 19.9 Å². The molecule has 0 saturated carbocycles. The predicted molar refractivity (Wildman–Crippen MR) is 77.6 cm³/mol. The van der Waals surface area contributed by atoms with Gasteiger partial charge in [-0.15, -0.1) is 11.3 Å². The van der Waals surface area contributed by atoms with Crippen LogP contribution < -0.4 is 0 Å². The number of hydrogen-bond donors (Lipinski definition) is 1. The highest BCUT2D eigenvalue weighted by Crippen LogP contribution is 2.31. The Bertz CT molecular complexity index is 494. The van der Waals surface area contributed by atoms with Crippen LogP contribution in [0, 0.1) is 12.8 Å². The molecular formula is C13H16BrNO3S. The lowest BCUT2D eigenvalue weighted by Crippen LogP contribution is -2.49. The molecule has 0 bridgehead atoms. The van der Waals surface area contributed by atoms with Crippen molar-refractivity contribution in [2.75, 3.05) is 6.54 Å². The number of piperidine rings is 1. The molecule has 6 heteroatoms. The second-order valence-electron chi connectivity index (χ2n) is 5.05. The second-order valence-corrected chi connectivity index (χ2v) is 7.42. The fourth-order valence-electron chi connectivity index (χ4n) is 2.33. The number of carbonyl (C=O) groups excluding carboxylic acids is 1. The smallest absolute Gasteiger partial charge is 0.326 e. The molecule has 1 aliphatic heterocycles. The lowest BCUT2D eigenvalue weighted by atomic mass is 9.92. The second kappa shape index (κ2) is 5.63. The average molecular weight is 346 g/mol. The summed E-state index contributed by atoms with van der Waals surface area (Å²) in [4.78, 5) is 25.9. The number of halogens is 1. The maximum Gasteiger partial charge on any atom is 0.326 e. The van der Waals surface area contributed by atoms with Crippen LogP contribution >= 0.6 is 27.3 Å². The Balaban J connectivity index is 2.23. The van der Waals surface area contributed by atoms with Gasteiger partial charge in [0.1, 0.15) is 6.04 Å². The molecule has 1 amide bonds. The highest BCUT2D eigenvalue weighted by molar-refractivity contribution is 9.11. The van der Waals surface area contributed by atoms with Gasteiger partial charge in [-0.25, -0.2) is 4.79 Å². The molecule has 1 N–H and O–H groups in total. The van der Waals surface area contributed by atoms with E-state index in [2.05, 4.69) is 15.9 Å². The minimum atomic E-state index is -0.910. The summed E-state index contributed by atoms with van der Waals surface area (Å²) in [6.45, 7) is 4.47. The fraction of sp³-hybridized carbons (Fsp3) is 0.538. The third-order valence-electron chi connectivity index (χ3n) is 3.48. The molecule has 0 radical (unpaired) electrons. The molecule has 1 aromatic rings. The highest BCUT2D eigenvalue weighted by Gasteiger charge is 2.35. The molecule has 19 heavy (non-hydrogen) atoms. The van der Waals surface area contributed by atoms with E-state index in [9.17, 15) is 14.7 Å². The lowest BCUT2D eigenvalue weighted by Gasteiger charge is -2.35. The van der Waals surface area contributed by atoms with E-state index in [4.69, 9.17) is 0 Å². The Labute approximate surface area is 124 Å². The molecule has 0 aromatic carbocycles. The van der Waals surface area contributed by atoms with Crippen LogP contribution in [0.3, 0.4) is 0 Å². The van der Waals surface area contributed by atoms with E-state index in [1.165, 1.54) is 16.2 Å². The van der Waals surface area contributed by atoms with Gasteiger partial charge in [-0.1, -0.05) is 6.92 Å². The Morgan fingerprint density at radius 2 is 2.21 bits per heavy atom. The van der Waals surface area contributed by atoms with Crippen LogP contribution in [0.2, 0.25) is 0 Å². The van der Waals surface area contributed by atoms with E-state index in [0.717, 1.165) is 15.8 Å². The number of likely N-dealkylation sites (tertiary alicyclic amines) is 1. The van der Waals surface area contributed by atoms with Gasteiger partial charge in [-0.2, -0.15) is 0 Å². The normalized spacial score (nSPS) is 23.4. The topological polar surface area (TPSA) is 57.6 Å². The molecule has 1 aromatic heterocycles. The molecule has 2 atom stereocenters. The van der Waals surface area contributed by atoms with Crippen LogP contribution in [0.5, 0.6) is 0 Å². The van der Waals surface area contributed by atoms with Gasteiger partial charge < -0.3 is 10.0 Å². The number of rotatable bonds is 2. The summed E-state index contributed by atoms with van der Waals surface area (Å²) >= 11 is 4.76. The van der Waals surface area contributed by atoms with Gasteiger partial charge in [0.25, 0.3) is 5.91 Å². The zero-order valence-corrected chi connectivity index (χ0v) is 13.3. The van der Waals surface area contributed by atoms with Crippen LogP contribution in [-0.2, 0) is 4.79 Å². The van der Waals surface area contributed by atoms with Gasteiger partial charge in [0.05, 0.1) is 8.66 Å². The Morgan fingerprint density at radius 1 is 1.53 bits per heavy atom. The number of aliphatic carboxylic acids is 1. The van der Waals surface area contributed by atoms with Crippen molar-refractivity contribution in [1.82, 2.24) is 4.90 Å². The number of hydrogen-bond acceptors (Lipinski definition) is 3. The quantitative estimate of drug-likeness (QED) is 0.895. The van der Waals surface area contributed by atoms with Gasteiger partial charge in [0.15, 0.2) is 0 Å². The monoisotopic (exact) mass is 345 g/mol. The molecule has 4 nitrogen and oxygen atoms in total. The summed E-state index contributed by atoms with van der Waals surface area (Å²) in [5.74, 6) is -0.729. The minimum absolute atomic E-state index is 0.168. The lowest BCUT2D eigenvalue weighted by molar-refractivity contribution is -0.144. The molecular weight excluding hydrogens is 330 g/mol. The first-order valence-electron chi connectivity index (χ1n) is 6.20. The Kier molecular flexibility index (Phi) is 4.30. The number of aryl methyl sites for hydroxylation is 1. The van der Waals surface area contributed by atoms with Crippen molar-refractivity contribution in [2.45, 2.75) is 32.7 Å². The van der Waals surface area contributed by atoms with Crippen molar-refractivity contribution in [2.24, 2.45) is 5.92 Å². The maximum atomic E-state index is 12.4. The largest absolute Gasteiger partial charge is 0.480 e. The van der Waals surface area contributed by atoms with Crippen molar-refractivity contribution in [3.05, 3.63) is 20.3 Å². The van der Waals surface area contributed by atoms with Crippen molar-refractivity contribution >= 4 is 39.1 Å². The molecule has 0 aliphatic carbocycles. The first kappa shape index (κ1) is 14.5. The van der Waals surface area contributed by atoms with Crippen LogP contribution in [0.4, 0.5) is 0 Å². The molecule has 2 unspecified atom stereocenters. The van der Waals surface area contributed by atoms with Crippen molar-refractivity contribution in [1.29, 1.82) is 0 Å². The van der Waals surface area contributed by atoms with Crippen LogP contribution in [-0.4, -0.2) is 34.5 Å². The standard InChI is InChI=1S/C13H16BrNO3S/c1-7-3-4-15(9(5-7)13(17)18)12(16)10-6-8(2)11(14)19-10/h6-7,9H,3-5H2,1-2H3,(H,17,18). The van der Waals surface area contributed by atoms with Gasteiger partial charge in [0, 0.05) is 6.54 Å². The summed E-state index contributed by atoms with van der Waals surface area (Å²) in [5.41, 5.74) is 1.01. The SMILES string of the molecule is Cc1cc(C(=O)N2CCC(C)CC2C(=O)O)sc1Br. The van der Waals surface area contributed by atoms with Crippen molar-refractivity contribution in [3.63, 3.8) is 0 Å². The third kappa shape index (κ3) is 3.00. The van der Waals surface area contributed by atoms with Gasteiger partial charge in [-0.3, -0.25) is 4.79 Å². The van der Waals surface area contributed by atoms with Crippen LogP contribution in [0.25, 0.3) is 0 Å². The zero-order chi connectivity index (χ0) is 14.2. The van der Waals surface area contributed by atoms with Crippen molar-refractivity contribution in [3.8, 4) is 0 Å². The summed E-state index contributed by atoms with van der Waals surface area (Å²) < 4.78 is 0.924. The van der Waals surface area contributed by atoms with E-state index in [0.29, 0.717) is 23.8 Å². The third-order valence-corrected chi connectivity index (χ3v) is 5.60. The highest BCUT2D eigenvalue weighted by atomic mass is 79.9. The fourth-order valence-corrected chi connectivity index (χ4v) is 3.82. The zero-order valence-electron chi connectivity index (χ0n) is 10.9. The predicted octanol–water partition coefficient (Wildman–Crippen LogP) is 3.14. The molecule has 104 valence electrons. The number of carboxylic acid groups (broad SMARTS) is 1. The van der Waals surface area contributed by atoms with Gasteiger partial charge in [-0.05, 0) is 53.2 Å². The number of amides is 1. The average Bonchev–Trinajstić information content (AvgIpc) is 2.68. The molecule has 1 fully saturated rings.